The summed E-state index contributed by atoms with van der Waals surface area (Å²) in [6.45, 7) is -27.6. The second-order valence-corrected chi connectivity index (χ2v) is 53.5. The van der Waals surface area contributed by atoms with Gasteiger partial charge in [0.1, 0.15) is 110 Å². The minimum absolute atomic E-state index is 0.0321. The summed E-state index contributed by atoms with van der Waals surface area (Å²) in [5.41, 5.74) is 5.28. The zero-order chi connectivity index (χ0) is 104. The lowest BCUT2D eigenvalue weighted by atomic mass is 10.1. The molecule has 9 aromatic heterocycles. The van der Waals surface area contributed by atoms with Crippen LogP contribution in [0.4, 0.5) is 11.6 Å². The molecular formula is C72H95N20O38P7S7. The Kier molecular flexibility index (Phi) is 34.0. The first kappa shape index (κ1) is 110. The fourth-order valence-electron chi connectivity index (χ4n) is 16.7. The molecule has 0 bridgehead atoms. The van der Waals surface area contributed by atoms with Crippen LogP contribution in [0.15, 0.2) is 104 Å². The maximum Gasteiger partial charge on any atom is 0.386 e. The summed E-state index contributed by atoms with van der Waals surface area (Å²) in [6.07, 6.45) is -17.8. The van der Waals surface area contributed by atoms with Crippen LogP contribution in [0.3, 0.4) is 0 Å². The number of fused-ring (bicyclic) bond motifs is 2. The number of hydrogen-bond donors (Lipinski definition) is 14. The predicted molar refractivity (Wildman–Crippen MR) is 522 cm³/mol. The third kappa shape index (κ3) is 25.9. The van der Waals surface area contributed by atoms with Gasteiger partial charge in [-0.2, -0.15) is 0 Å². The van der Waals surface area contributed by atoms with E-state index in [1.807, 2.05) is 0 Å². The highest BCUT2D eigenvalue weighted by molar-refractivity contribution is 8.44. The number of H-pyrrole nitrogens is 5. The van der Waals surface area contributed by atoms with Gasteiger partial charge in [0.15, 0.2) is 22.9 Å². The van der Waals surface area contributed by atoms with Crippen molar-refractivity contribution in [1.82, 2.24) is 86.8 Å². The van der Waals surface area contributed by atoms with Gasteiger partial charge < -0.3 is 128 Å². The zero-order valence-corrected chi connectivity index (χ0v) is 88.0. The quantitative estimate of drug-likeness (QED) is 0.0190. The maximum atomic E-state index is 14.8. The molecule has 58 nitrogen and oxygen atoms in total. The van der Waals surface area contributed by atoms with E-state index in [-0.39, 0.29) is 93.9 Å². The van der Waals surface area contributed by atoms with Crippen LogP contribution < -0.4 is 67.7 Å². The highest BCUT2D eigenvalue weighted by atomic mass is 32.7. The van der Waals surface area contributed by atoms with Crippen molar-refractivity contribution in [2.24, 2.45) is 0 Å². The van der Waals surface area contributed by atoms with Crippen LogP contribution in [-0.4, -0.2) is 248 Å². The Morgan fingerprint density at radius 2 is 0.562 bits per heavy atom. The average molecular weight is 2290 g/mol. The molecule has 0 radical (unpaired) electrons. The van der Waals surface area contributed by atoms with E-state index in [4.69, 9.17) is 179 Å². The molecule has 14 unspecified atom stereocenters. The van der Waals surface area contributed by atoms with E-state index >= 15 is 0 Å². The van der Waals surface area contributed by atoms with Crippen LogP contribution in [0, 0.1) is 34.6 Å². The first-order chi connectivity index (χ1) is 67.8. The molecule has 788 valence electrons. The van der Waals surface area contributed by atoms with Crippen LogP contribution in [0.25, 0.3) is 22.3 Å². The van der Waals surface area contributed by atoms with Gasteiger partial charge in [-0.15, -0.1) is 0 Å². The zero-order valence-electron chi connectivity index (χ0n) is 76.0. The Morgan fingerprint density at radius 3 is 0.806 bits per heavy atom. The van der Waals surface area contributed by atoms with Crippen molar-refractivity contribution in [3.8, 4) is 0 Å². The number of nitrogens with one attached hydrogen (secondary N) is 5. The monoisotopic (exact) mass is 2290 g/mol. The van der Waals surface area contributed by atoms with Crippen LogP contribution in [0.5, 0.6) is 0 Å². The molecule has 9 aromatic rings. The molecule has 7 aliphatic rings. The first-order valence-electron chi connectivity index (χ1n) is 43.3. The fraction of sp³-hybridized carbons (Fsp3) is 0.583. The molecule has 0 spiro atoms. The van der Waals surface area contributed by atoms with Crippen molar-refractivity contribution in [2.75, 3.05) is 58.2 Å². The van der Waals surface area contributed by atoms with Gasteiger partial charge in [0.05, 0.1) is 95.0 Å². The number of aryl methyl sites for hydroxylation is 5. The molecule has 7 aliphatic heterocycles. The first-order valence-corrected chi connectivity index (χ1v) is 61.6. The molecule has 72 heteroatoms. The molecule has 15 N–H and O–H groups in total. The summed E-state index contributed by atoms with van der Waals surface area (Å²) in [5.74, 6) is 0.0315. The van der Waals surface area contributed by atoms with Crippen molar-refractivity contribution in [3.63, 3.8) is 0 Å². The molecular weight excluding hydrogens is 2190 g/mol. The number of nitrogens with two attached hydrogens (primary N) is 2. The topological polar surface area (TPSA) is 746 Å². The van der Waals surface area contributed by atoms with Gasteiger partial charge in [0, 0.05) is 111 Å². The van der Waals surface area contributed by atoms with Gasteiger partial charge in [-0.1, -0.05) is 19.2 Å². The molecule has 28 atom stereocenters. The average Bonchev–Trinajstić information content (AvgIpc) is 1.62. The Balaban J connectivity index is 0.606. The molecule has 0 aliphatic carbocycles. The largest absolute Gasteiger partial charge is 0.386 e. The molecule has 16 rings (SSSR count). The number of imidazole rings is 2. The van der Waals surface area contributed by atoms with Gasteiger partial charge in [-0.3, -0.25) is 89.9 Å². The number of thiol groups is 1. The highest BCUT2D eigenvalue weighted by Crippen LogP contribution is 2.60. The van der Waals surface area contributed by atoms with E-state index in [0.717, 1.165) is 36.3 Å². The molecule has 0 saturated carbocycles. The summed E-state index contributed by atoms with van der Waals surface area (Å²) >= 11 is 37.6. The van der Waals surface area contributed by atoms with Crippen molar-refractivity contribution in [2.45, 2.75) is 222 Å². The minimum Gasteiger partial charge on any atom is -0.382 e. The predicted octanol–water partition coefficient (Wildman–Crippen LogP) is 1.33. The Hall–Kier alpha value is -6.50. The number of aromatic amines is 5. The van der Waals surface area contributed by atoms with Gasteiger partial charge in [0.25, 0.3) is 27.8 Å². The smallest absolute Gasteiger partial charge is 0.382 e. The van der Waals surface area contributed by atoms with Crippen LogP contribution in [0.1, 0.15) is 130 Å². The van der Waals surface area contributed by atoms with Gasteiger partial charge in [-0.25, -0.2) is 58.4 Å². The van der Waals surface area contributed by atoms with Crippen LogP contribution in [-0.2, 0) is 172 Å². The maximum absolute atomic E-state index is 14.8. The number of anilines is 2. The minimum atomic E-state index is -4.82. The lowest BCUT2D eigenvalue weighted by Gasteiger charge is -2.28. The van der Waals surface area contributed by atoms with Crippen molar-refractivity contribution in [1.29, 1.82) is 0 Å². The van der Waals surface area contributed by atoms with Gasteiger partial charge in [0.2, 0.25) is 0 Å². The molecule has 7 fully saturated rings. The van der Waals surface area contributed by atoms with E-state index in [1.165, 1.54) is 93.7 Å². The molecule has 16 heterocycles. The van der Waals surface area contributed by atoms with Crippen LogP contribution >= 0.6 is 59.4 Å². The van der Waals surface area contributed by atoms with E-state index in [1.54, 1.807) is 6.92 Å². The van der Waals surface area contributed by atoms with E-state index in [2.05, 4.69) is 67.1 Å². The Labute approximate surface area is 844 Å². The Morgan fingerprint density at radius 1 is 0.347 bits per heavy atom. The SMILES string of the molecule is CC[C@H]1O[C@@H](n2cc(C)c(=O)[nH]c2=O)CC1OP(O)(=S)OC[C@H]1O[C@@H](n2cc(C)c(=O)[nH]c2=O)CC1OP(=O)(S)OC[C@H]1O[C@@H](n2cc(C)c(=O)[nH]c2=O)CC1OP(O)(=S)OC[C@H]1O[C@@H](n2cnc3c(N)ncnc32)CC1OP(O)(=S)OC[C@H]1O[C@@H](n2cc(C)c(=O)[nH]c2=O)CC1OP(O)(=S)OC[C@H]1O[C@@H](n2cc(C)c(=O)[nH]c2=O)CC1OP(O)(=S)OC[C@H]1O[C@@H](n2cnc3c(N)ncnc32)CC1OP(O)(=S)OC. The standard InChI is InChI=1S/C72H95N20O38P7S7/c1-8-36-37(9-50(117-36)86-16-31(2)63(93)81-68(86)98)125-132(104,139)111-22-45-39(10-51(118-45)87-17-32(3)64(94)82-69(87)99)127-134(106,141)113-24-47-42(13-54(120-47)90-20-35(6)67(97)85-72(90)102)129-136(108,143)116-26-49-43(15-56(123-49)92-30-80-58-60(74)76-28-78-62(58)92)130-137(109,144)115-25-48-41(12-53(121-48)89-19-34(5)66(96)84-71(89)101)128-135(107,142)114-23-46-40(11-52(119-46)88-18-33(4)65(95)83-70(88)100)126-133(105,140)112-21-44-38(124-131(103,138)110-7)14-55(122-44)91-29-79-57-59(73)75-27-77-61(57)91/h16-20,27-30,36-56H,8-15,21-26H2,1-7H3,(H,103,138)(H,104,139)(H,105,140)(H,106,141)(H,107,142)(H,108,143)(H,109,144)(H2,73,75,77)(H2,74,76,78)(H,81,93,98)(H,82,94,99)(H,83,95,100)(H,84,96,101)(H,85,97,102)/t36-,37?,38?,39?,40?,41?,42?,43?,44-,45-,46-,47-,48-,49-,50-,51-,52-,53-,54-,55-,56-,131?,132?,133?,134?,135?,136?,137?/m1/s1. The van der Waals surface area contributed by atoms with E-state index in [9.17, 15) is 81.9 Å². The molecule has 7 saturated heterocycles. The number of nitrogens with zero attached hydrogens (tertiary/aromatic N) is 13. The lowest BCUT2D eigenvalue weighted by Crippen LogP contribution is -2.33. The summed E-state index contributed by atoms with van der Waals surface area (Å²) in [4.78, 5) is 237. The summed E-state index contributed by atoms with van der Waals surface area (Å²) in [6, 6.07) is 0. The normalized spacial score (nSPS) is 29.7. The third-order valence-electron chi connectivity index (χ3n) is 23.9. The number of aromatic nitrogens is 18. The van der Waals surface area contributed by atoms with Crippen molar-refractivity contribution in [3.05, 3.63) is 188 Å². The fourth-order valence-corrected chi connectivity index (χ4v) is 26.6. The van der Waals surface area contributed by atoms with E-state index < -0.39 is 285 Å². The number of hydrogen-bond acceptors (Lipinski definition) is 46. The third-order valence-corrected chi connectivity index (χ3v) is 35.1. The second kappa shape index (κ2) is 44.4. The summed E-state index contributed by atoms with van der Waals surface area (Å²) in [5, 5.41) is 0. The van der Waals surface area contributed by atoms with Gasteiger partial charge >= 0.3 is 75.6 Å². The summed E-state index contributed by atoms with van der Waals surface area (Å²) in [7, 11) is 1.13. The van der Waals surface area contributed by atoms with Gasteiger partial charge in [-0.05, 0) is 112 Å². The van der Waals surface area contributed by atoms with E-state index in [0.29, 0.717) is 6.42 Å². The highest BCUT2D eigenvalue weighted by Gasteiger charge is 2.52. The summed E-state index contributed by atoms with van der Waals surface area (Å²) < 4.78 is 150. The number of ether oxygens (including phenoxy) is 7. The molecule has 144 heavy (non-hydrogen) atoms. The molecule has 0 aromatic carbocycles. The number of nitrogen functional groups attached to an aromatic ring is 2. The Bertz CT molecular complexity index is 7400. The molecule has 0 amide bonds. The lowest BCUT2D eigenvalue weighted by molar-refractivity contribution is -0.0572. The van der Waals surface area contributed by atoms with Crippen molar-refractivity contribution < 1.29 is 130 Å². The second-order valence-electron chi connectivity index (χ2n) is 33.8. The van der Waals surface area contributed by atoms with Crippen molar-refractivity contribution >= 4 is 164 Å². The van der Waals surface area contributed by atoms with Crippen LogP contribution in [0.2, 0.25) is 0 Å². The number of rotatable bonds is 41.